The highest BCUT2D eigenvalue weighted by Gasteiger charge is 2.25. The van der Waals surface area contributed by atoms with Crippen LogP contribution in [0, 0.1) is 0 Å². The number of nitrogens with one attached hydrogen (secondary N) is 1. The van der Waals surface area contributed by atoms with E-state index in [4.69, 9.17) is 5.73 Å². The summed E-state index contributed by atoms with van der Waals surface area (Å²) in [7, 11) is 0. The Kier molecular flexibility index (Phi) is 5.23. The van der Waals surface area contributed by atoms with Gasteiger partial charge in [-0.05, 0) is 51.0 Å². The van der Waals surface area contributed by atoms with Gasteiger partial charge in [-0.3, -0.25) is 0 Å². The Bertz CT molecular complexity index is 695. The monoisotopic (exact) mass is 329 g/mol. The van der Waals surface area contributed by atoms with Crippen LogP contribution in [0.1, 0.15) is 26.3 Å². The number of rotatable bonds is 5. The van der Waals surface area contributed by atoms with E-state index in [-0.39, 0.29) is 5.95 Å². The molecular formula is C17H23N5O2. The van der Waals surface area contributed by atoms with Crippen molar-refractivity contribution in [2.45, 2.75) is 32.7 Å². The minimum atomic E-state index is -0.901. The molecule has 128 valence electrons. The number of benzene rings is 1. The van der Waals surface area contributed by atoms with Crippen LogP contribution in [0.2, 0.25) is 0 Å². The fraction of sp³-hybridized carbons (Fsp3) is 0.353. The van der Waals surface area contributed by atoms with Crippen molar-refractivity contribution in [1.82, 2.24) is 14.9 Å². The molecule has 0 unspecified atom stereocenters. The molecule has 0 saturated heterocycles. The maximum absolute atomic E-state index is 11.3. The maximum Gasteiger partial charge on any atom is 0.407 e. The molecule has 4 N–H and O–H groups in total. The van der Waals surface area contributed by atoms with Crippen molar-refractivity contribution in [1.29, 1.82) is 0 Å². The number of carboxylic acid groups (broad SMARTS) is 1. The molecule has 1 aromatic heterocycles. The predicted octanol–water partition coefficient (Wildman–Crippen LogP) is 3.12. The van der Waals surface area contributed by atoms with Crippen LogP contribution in [0.4, 0.5) is 22.2 Å². The third-order valence-electron chi connectivity index (χ3n) is 3.57. The lowest BCUT2D eigenvalue weighted by atomic mass is 10.0. The second-order valence-electron chi connectivity index (χ2n) is 6.48. The smallest absolute Gasteiger partial charge is 0.407 e. The number of anilines is 3. The minimum absolute atomic E-state index is 0.215. The first-order valence-corrected chi connectivity index (χ1v) is 7.71. The van der Waals surface area contributed by atoms with Gasteiger partial charge in [0.05, 0.1) is 0 Å². The van der Waals surface area contributed by atoms with Crippen LogP contribution >= 0.6 is 0 Å². The molecule has 2 aromatic rings. The van der Waals surface area contributed by atoms with Gasteiger partial charge in [-0.15, -0.1) is 0 Å². The third-order valence-corrected chi connectivity index (χ3v) is 3.57. The molecule has 7 nitrogen and oxygen atoms in total. The lowest BCUT2D eigenvalue weighted by molar-refractivity contribution is 0.101. The topological polar surface area (TPSA) is 104 Å². The van der Waals surface area contributed by atoms with Gasteiger partial charge in [-0.2, -0.15) is 4.98 Å². The summed E-state index contributed by atoms with van der Waals surface area (Å²) in [6, 6.07) is 9.52. The SMILES string of the molecule is CC(C)(C)N(CCc1ccc(Nc2ccnc(N)n2)cc1)C(=O)O. The van der Waals surface area contributed by atoms with E-state index in [1.54, 1.807) is 12.3 Å². The largest absolute Gasteiger partial charge is 0.465 e. The summed E-state index contributed by atoms with van der Waals surface area (Å²) in [4.78, 5) is 20.7. The van der Waals surface area contributed by atoms with E-state index < -0.39 is 11.6 Å². The van der Waals surface area contributed by atoms with Crippen molar-refractivity contribution < 1.29 is 9.90 Å². The van der Waals surface area contributed by atoms with E-state index >= 15 is 0 Å². The molecule has 0 spiro atoms. The number of amides is 1. The van der Waals surface area contributed by atoms with Crippen molar-refractivity contribution in [3.05, 3.63) is 42.1 Å². The van der Waals surface area contributed by atoms with Crippen LogP contribution in [-0.2, 0) is 6.42 Å². The molecule has 0 atom stereocenters. The van der Waals surface area contributed by atoms with Gasteiger partial charge >= 0.3 is 6.09 Å². The average Bonchev–Trinajstić information content (AvgIpc) is 2.47. The molecule has 0 aliphatic rings. The summed E-state index contributed by atoms with van der Waals surface area (Å²) >= 11 is 0. The highest BCUT2D eigenvalue weighted by molar-refractivity contribution is 5.66. The zero-order valence-electron chi connectivity index (χ0n) is 14.2. The summed E-state index contributed by atoms with van der Waals surface area (Å²) in [6.07, 6.45) is 1.35. The Hall–Kier alpha value is -2.83. The van der Waals surface area contributed by atoms with Gasteiger partial charge in [0.25, 0.3) is 0 Å². The summed E-state index contributed by atoms with van der Waals surface area (Å²) < 4.78 is 0. The average molecular weight is 329 g/mol. The first-order chi connectivity index (χ1) is 11.3. The summed E-state index contributed by atoms with van der Waals surface area (Å²) in [5.41, 5.74) is 7.08. The van der Waals surface area contributed by atoms with Crippen LogP contribution in [0.15, 0.2) is 36.5 Å². The van der Waals surface area contributed by atoms with E-state index in [1.165, 1.54) is 4.90 Å². The lowest BCUT2D eigenvalue weighted by Gasteiger charge is -2.33. The molecule has 0 aliphatic heterocycles. The standard InChI is InChI=1S/C17H23N5O2/c1-17(2,3)22(16(23)24)11-9-12-4-6-13(7-5-12)20-14-8-10-19-15(18)21-14/h4-8,10H,9,11H2,1-3H3,(H,23,24)(H3,18,19,20,21). The lowest BCUT2D eigenvalue weighted by Crippen LogP contribution is -2.45. The molecule has 7 heteroatoms. The van der Waals surface area contributed by atoms with Crippen molar-refractivity contribution in [2.24, 2.45) is 0 Å². The predicted molar refractivity (Wildman–Crippen MR) is 94.4 cm³/mol. The van der Waals surface area contributed by atoms with Gasteiger partial charge in [0.15, 0.2) is 0 Å². The third kappa shape index (κ3) is 4.84. The van der Waals surface area contributed by atoms with Gasteiger partial charge in [0, 0.05) is 24.0 Å². The molecule has 24 heavy (non-hydrogen) atoms. The van der Waals surface area contributed by atoms with E-state index in [0.717, 1.165) is 11.3 Å². The summed E-state index contributed by atoms with van der Waals surface area (Å²) in [5, 5.41) is 12.5. The maximum atomic E-state index is 11.3. The van der Waals surface area contributed by atoms with Gasteiger partial charge in [-0.1, -0.05) is 12.1 Å². The number of nitrogens with zero attached hydrogens (tertiary/aromatic N) is 3. The van der Waals surface area contributed by atoms with E-state index in [1.807, 2.05) is 45.0 Å². The number of nitrogen functional groups attached to an aromatic ring is 1. The Labute approximate surface area is 141 Å². The van der Waals surface area contributed by atoms with Crippen LogP contribution < -0.4 is 11.1 Å². The number of carbonyl (C=O) groups is 1. The molecule has 0 bridgehead atoms. The van der Waals surface area contributed by atoms with Gasteiger partial charge in [0.1, 0.15) is 5.82 Å². The van der Waals surface area contributed by atoms with Gasteiger partial charge < -0.3 is 21.1 Å². The highest BCUT2D eigenvalue weighted by Crippen LogP contribution is 2.18. The quantitative estimate of drug-likeness (QED) is 0.778. The fourth-order valence-electron chi connectivity index (χ4n) is 2.30. The van der Waals surface area contributed by atoms with Gasteiger partial charge in [-0.25, -0.2) is 9.78 Å². The number of aromatic nitrogens is 2. The second-order valence-corrected chi connectivity index (χ2v) is 6.48. The fourth-order valence-corrected chi connectivity index (χ4v) is 2.30. The van der Waals surface area contributed by atoms with E-state index in [9.17, 15) is 9.90 Å². The molecule has 1 aromatic carbocycles. The van der Waals surface area contributed by atoms with Crippen molar-refractivity contribution in [3.63, 3.8) is 0 Å². The number of hydrogen-bond acceptors (Lipinski definition) is 5. The first-order valence-electron chi connectivity index (χ1n) is 7.71. The Morgan fingerprint density at radius 2 is 1.92 bits per heavy atom. The number of nitrogens with two attached hydrogens (primary N) is 1. The van der Waals surface area contributed by atoms with Crippen LogP contribution in [-0.4, -0.2) is 38.2 Å². The summed E-state index contributed by atoms with van der Waals surface area (Å²) in [5.74, 6) is 0.840. The molecule has 0 fully saturated rings. The van der Waals surface area contributed by atoms with Crippen LogP contribution in [0.3, 0.4) is 0 Å². The normalized spacial score (nSPS) is 11.1. The number of hydrogen-bond donors (Lipinski definition) is 3. The van der Waals surface area contributed by atoms with Gasteiger partial charge in [0.2, 0.25) is 5.95 Å². The van der Waals surface area contributed by atoms with Crippen molar-refractivity contribution in [3.8, 4) is 0 Å². The van der Waals surface area contributed by atoms with E-state index in [2.05, 4.69) is 15.3 Å². The van der Waals surface area contributed by atoms with E-state index in [0.29, 0.717) is 18.8 Å². The Balaban J connectivity index is 1.98. The van der Waals surface area contributed by atoms with Crippen molar-refractivity contribution >= 4 is 23.5 Å². The molecular weight excluding hydrogens is 306 g/mol. The molecule has 1 heterocycles. The highest BCUT2D eigenvalue weighted by atomic mass is 16.4. The molecule has 2 rings (SSSR count). The molecule has 0 saturated carbocycles. The minimum Gasteiger partial charge on any atom is -0.465 e. The zero-order chi connectivity index (χ0) is 17.7. The first kappa shape index (κ1) is 17.5. The Morgan fingerprint density at radius 3 is 2.46 bits per heavy atom. The zero-order valence-corrected chi connectivity index (χ0v) is 14.2. The Morgan fingerprint density at radius 1 is 1.25 bits per heavy atom. The van der Waals surface area contributed by atoms with Crippen molar-refractivity contribution in [2.75, 3.05) is 17.6 Å². The van der Waals surface area contributed by atoms with Crippen LogP contribution in [0.25, 0.3) is 0 Å². The molecule has 1 amide bonds. The summed E-state index contributed by atoms with van der Waals surface area (Å²) in [6.45, 7) is 6.12. The second kappa shape index (κ2) is 7.16. The molecule has 0 radical (unpaired) electrons. The van der Waals surface area contributed by atoms with Crippen LogP contribution in [0.5, 0.6) is 0 Å². The molecule has 0 aliphatic carbocycles.